The van der Waals surface area contributed by atoms with Gasteiger partial charge in [-0.2, -0.15) is 4.39 Å². The Kier molecular flexibility index (Phi) is 10.8. The van der Waals surface area contributed by atoms with Gasteiger partial charge in [-0.1, -0.05) is 50.2 Å². The predicted molar refractivity (Wildman–Crippen MR) is 151 cm³/mol. The number of nitrogens with two attached hydrogens (primary N) is 1. The molecule has 0 saturated carbocycles. The van der Waals surface area contributed by atoms with Crippen LogP contribution in [-0.4, -0.2) is 77.0 Å². The van der Waals surface area contributed by atoms with Crippen molar-refractivity contribution < 1.29 is 18.4 Å². The maximum absolute atomic E-state index is 14.8. The lowest BCUT2D eigenvalue weighted by Crippen LogP contribution is -2.52. The minimum absolute atomic E-state index is 0.0561. The number of aromatic nitrogens is 1. The lowest BCUT2D eigenvalue weighted by molar-refractivity contribution is -0.139. The van der Waals surface area contributed by atoms with Gasteiger partial charge in [-0.25, -0.2) is 14.8 Å². The van der Waals surface area contributed by atoms with Crippen molar-refractivity contribution in [2.24, 2.45) is 5.73 Å². The van der Waals surface area contributed by atoms with Crippen molar-refractivity contribution in [2.45, 2.75) is 58.3 Å². The molecule has 0 bridgehead atoms. The summed E-state index contributed by atoms with van der Waals surface area (Å²) in [6.45, 7) is 8.67. The van der Waals surface area contributed by atoms with Crippen LogP contribution >= 0.6 is 0 Å². The zero-order valence-electron chi connectivity index (χ0n) is 23.9. The number of likely N-dealkylation sites (tertiary alicyclic amines) is 1. The van der Waals surface area contributed by atoms with E-state index in [0.29, 0.717) is 35.7 Å². The highest BCUT2D eigenvalue weighted by atomic mass is 19.1. The zero-order valence-corrected chi connectivity index (χ0v) is 23.9. The van der Waals surface area contributed by atoms with Crippen LogP contribution in [0.15, 0.2) is 54.5 Å². The van der Waals surface area contributed by atoms with E-state index in [0.717, 1.165) is 0 Å². The molecule has 1 saturated heterocycles. The quantitative estimate of drug-likeness (QED) is 0.272. The topological polar surface area (TPSA) is 107 Å². The Morgan fingerprint density at radius 3 is 2.40 bits per heavy atom. The van der Waals surface area contributed by atoms with Crippen molar-refractivity contribution >= 4 is 11.8 Å². The first kappa shape index (κ1) is 30.8. The van der Waals surface area contributed by atoms with Crippen LogP contribution in [0.4, 0.5) is 8.78 Å². The number of pyridine rings is 1. The first-order valence-electron chi connectivity index (χ1n) is 13.7. The normalized spacial score (nSPS) is 18.1. The number of rotatable bonds is 12. The third-order valence-corrected chi connectivity index (χ3v) is 7.19. The first-order valence-corrected chi connectivity index (χ1v) is 13.7. The highest BCUT2D eigenvalue weighted by molar-refractivity contribution is 5.89. The maximum Gasteiger partial charge on any atom is 0.244 e. The summed E-state index contributed by atoms with van der Waals surface area (Å²) in [5.41, 5.74) is 10.3. The molecule has 2 aromatic rings. The molecule has 11 heteroatoms. The smallest absolute Gasteiger partial charge is 0.244 e. The van der Waals surface area contributed by atoms with Gasteiger partial charge >= 0.3 is 0 Å². The van der Waals surface area contributed by atoms with Crippen molar-refractivity contribution in [1.82, 2.24) is 30.5 Å². The second-order valence-electron chi connectivity index (χ2n) is 10.0. The summed E-state index contributed by atoms with van der Waals surface area (Å²) >= 11 is 0. The van der Waals surface area contributed by atoms with Gasteiger partial charge in [-0.15, -0.1) is 0 Å². The molecule has 1 aliphatic rings. The number of carbonyl (C=O) groups is 2. The lowest BCUT2D eigenvalue weighted by atomic mass is 9.99. The molecule has 1 aliphatic heterocycles. The van der Waals surface area contributed by atoms with Crippen LogP contribution in [0.3, 0.4) is 0 Å². The van der Waals surface area contributed by atoms with Gasteiger partial charge < -0.3 is 20.9 Å². The molecular weight excluding hydrogens is 516 g/mol. The number of carbonyl (C=O) groups excluding carboxylic acids is 2. The van der Waals surface area contributed by atoms with Gasteiger partial charge in [-0.05, 0) is 31.4 Å². The van der Waals surface area contributed by atoms with Crippen molar-refractivity contribution in [3.63, 3.8) is 0 Å². The molecule has 3 atom stereocenters. The SMILES string of the molecule is CCN(CC)/C(=C/N)N(CC(=O)N1C[C@H](F)C[C@H]1C(=O)N[C@@H](c1ccccc1)c1ccc(C(C)C)c(F)n1)NC. The Balaban J connectivity index is 1.85. The Morgan fingerprint density at radius 1 is 1.18 bits per heavy atom. The maximum atomic E-state index is 14.8. The van der Waals surface area contributed by atoms with Crippen molar-refractivity contribution in [3.8, 4) is 0 Å². The highest BCUT2D eigenvalue weighted by Gasteiger charge is 2.41. The Bertz CT molecular complexity index is 1170. The van der Waals surface area contributed by atoms with E-state index in [1.807, 2.05) is 38.7 Å². The summed E-state index contributed by atoms with van der Waals surface area (Å²) in [4.78, 5) is 34.4. The van der Waals surface area contributed by atoms with Gasteiger partial charge in [0.2, 0.25) is 17.8 Å². The van der Waals surface area contributed by atoms with E-state index in [-0.39, 0.29) is 25.4 Å². The largest absolute Gasteiger partial charge is 0.402 e. The van der Waals surface area contributed by atoms with E-state index in [4.69, 9.17) is 5.73 Å². The Labute approximate surface area is 235 Å². The van der Waals surface area contributed by atoms with Gasteiger partial charge in [-0.3, -0.25) is 14.6 Å². The van der Waals surface area contributed by atoms with Gasteiger partial charge in [0.15, 0.2) is 0 Å². The number of hydrazine groups is 1. The molecule has 0 unspecified atom stereocenters. The lowest BCUT2D eigenvalue weighted by Gasteiger charge is -2.35. The fourth-order valence-corrected chi connectivity index (χ4v) is 4.99. The molecule has 9 nitrogen and oxygen atoms in total. The molecule has 1 fully saturated rings. The average molecular weight is 558 g/mol. The van der Waals surface area contributed by atoms with Crippen LogP contribution < -0.4 is 16.5 Å². The number of hydrogen-bond acceptors (Lipinski definition) is 7. The van der Waals surface area contributed by atoms with E-state index in [1.54, 1.807) is 48.5 Å². The van der Waals surface area contributed by atoms with Crippen molar-refractivity contribution in [1.29, 1.82) is 0 Å². The van der Waals surface area contributed by atoms with E-state index < -0.39 is 36.0 Å². The minimum atomic E-state index is -1.36. The third-order valence-electron chi connectivity index (χ3n) is 7.19. The van der Waals surface area contributed by atoms with Gasteiger partial charge in [0.25, 0.3) is 0 Å². The molecule has 218 valence electrons. The molecule has 0 spiro atoms. The Morgan fingerprint density at radius 2 is 1.85 bits per heavy atom. The van der Waals surface area contributed by atoms with Gasteiger partial charge in [0.1, 0.15) is 24.6 Å². The predicted octanol–water partition coefficient (Wildman–Crippen LogP) is 3.02. The molecule has 3 rings (SSSR count). The number of alkyl halides is 1. The molecule has 1 aromatic carbocycles. The number of benzene rings is 1. The fraction of sp³-hybridized carbons (Fsp3) is 0.483. The van der Waals surface area contributed by atoms with Crippen molar-refractivity contribution in [2.75, 3.05) is 33.2 Å². The molecule has 40 heavy (non-hydrogen) atoms. The van der Waals surface area contributed by atoms with Crippen LogP contribution in [0.25, 0.3) is 0 Å². The summed E-state index contributed by atoms with van der Waals surface area (Å²) in [6.07, 6.45) is -0.0852. The molecule has 2 heterocycles. The number of hydrogen-bond donors (Lipinski definition) is 3. The molecule has 0 radical (unpaired) electrons. The van der Waals surface area contributed by atoms with Crippen LogP contribution in [0.1, 0.15) is 62.9 Å². The fourth-order valence-electron chi connectivity index (χ4n) is 4.99. The second kappa shape index (κ2) is 14.1. The molecule has 1 aromatic heterocycles. The number of halogens is 2. The number of nitrogens with zero attached hydrogens (tertiary/aromatic N) is 4. The van der Waals surface area contributed by atoms with Crippen LogP contribution in [0.5, 0.6) is 0 Å². The van der Waals surface area contributed by atoms with Crippen LogP contribution in [0, 0.1) is 5.95 Å². The second-order valence-corrected chi connectivity index (χ2v) is 10.0. The monoisotopic (exact) mass is 557 g/mol. The zero-order chi connectivity index (χ0) is 29.4. The van der Waals surface area contributed by atoms with Crippen LogP contribution in [-0.2, 0) is 9.59 Å². The Hall–Kier alpha value is -3.73. The van der Waals surface area contributed by atoms with Gasteiger partial charge in [0.05, 0.1) is 18.3 Å². The van der Waals surface area contributed by atoms with Gasteiger partial charge in [0, 0.05) is 38.3 Å². The summed E-state index contributed by atoms with van der Waals surface area (Å²) in [5.74, 6) is -1.03. The summed E-state index contributed by atoms with van der Waals surface area (Å²) in [7, 11) is 1.66. The standard InChI is InChI=1S/C29H41F2N7O2/c1-6-36(7-2)25(16-32)38(33-5)18-26(39)37-17-21(30)15-24(37)29(40)35-27(20-11-9-8-10-12-20)23-14-13-22(19(3)4)28(31)34-23/h8-14,16,19,21,24,27,33H,6-7,15,17-18,32H2,1-5H3,(H,35,40)/b25-16-/t21-,24+,27+/m1/s1. The minimum Gasteiger partial charge on any atom is -0.402 e. The average Bonchev–Trinajstić information content (AvgIpc) is 3.35. The molecule has 2 amide bonds. The van der Waals surface area contributed by atoms with Crippen LogP contribution in [0.2, 0.25) is 0 Å². The van der Waals surface area contributed by atoms with E-state index in [9.17, 15) is 18.4 Å². The summed E-state index contributed by atoms with van der Waals surface area (Å²) in [6, 6.07) is 10.6. The van der Waals surface area contributed by atoms with E-state index >= 15 is 0 Å². The summed E-state index contributed by atoms with van der Waals surface area (Å²) < 4.78 is 29.5. The summed E-state index contributed by atoms with van der Waals surface area (Å²) in [5, 5.41) is 4.49. The van der Waals surface area contributed by atoms with E-state index in [2.05, 4.69) is 15.7 Å². The molecular formula is C29H41F2N7O2. The number of nitrogens with one attached hydrogen (secondary N) is 2. The highest BCUT2D eigenvalue weighted by Crippen LogP contribution is 2.27. The molecule has 4 N–H and O–H groups in total. The van der Waals surface area contributed by atoms with E-state index in [1.165, 1.54) is 11.1 Å². The molecule has 0 aliphatic carbocycles. The van der Waals surface area contributed by atoms with Crippen molar-refractivity contribution in [3.05, 3.63) is 77.3 Å². The number of amides is 2. The first-order chi connectivity index (χ1) is 19.1. The third kappa shape index (κ3) is 7.07.